The molecule has 0 heterocycles. The Bertz CT molecular complexity index is 1420. The fourth-order valence-corrected chi connectivity index (χ4v) is 5.59. The fraction of sp³-hybridized carbons (Fsp3) is 0.375. The highest BCUT2D eigenvalue weighted by Crippen LogP contribution is 2.23. The molecule has 0 aliphatic carbocycles. The highest BCUT2D eigenvalue weighted by atomic mass is 32.2. The van der Waals surface area contributed by atoms with Crippen molar-refractivity contribution in [2.45, 2.75) is 58.7 Å². The van der Waals surface area contributed by atoms with Crippen LogP contribution in [-0.4, -0.2) is 56.6 Å². The summed E-state index contributed by atoms with van der Waals surface area (Å²) in [6, 6.07) is 21.1. The molecule has 3 rings (SSSR count). The van der Waals surface area contributed by atoms with Gasteiger partial charge in [0.2, 0.25) is 21.8 Å². The van der Waals surface area contributed by atoms with Crippen LogP contribution in [0.1, 0.15) is 44.7 Å². The third-order valence-corrected chi connectivity index (χ3v) is 7.78. The lowest BCUT2D eigenvalue weighted by Crippen LogP contribution is -2.52. The second-order valence-electron chi connectivity index (χ2n) is 10.3. The number of sulfonamides is 1. The summed E-state index contributed by atoms with van der Waals surface area (Å²) in [6.45, 7) is 5.96. The molecule has 0 aliphatic heterocycles. The molecule has 226 valence electrons. The van der Waals surface area contributed by atoms with Gasteiger partial charge in [-0.05, 0) is 63.1 Å². The number of hydrogen-bond donors (Lipinski definition) is 1. The smallest absolute Gasteiger partial charge is 0.243 e. The molecule has 1 atom stereocenters. The summed E-state index contributed by atoms with van der Waals surface area (Å²) in [5.74, 6) is -0.571. The van der Waals surface area contributed by atoms with Crippen molar-refractivity contribution in [1.82, 2.24) is 10.2 Å². The molecule has 8 nitrogen and oxygen atoms in total. The summed E-state index contributed by atoms with van der Waals surface area (Å²) in [7, 11) is -3.65. The van der Waals surface area contributed by atoms with Crippen molar-refractivity contribution in [3.8, 4) is 5.75 Å². The van der Waals surface area contributed by atoms with Crippen molar-refractivity contribution in [2.24, 2.45) is 0 Å². The SMILES string of the molecule is CCOc1ccc(N(CCCC(=O)N(Cc2ccccc2F)[C@H](Cc2ccccc2)C(=O)NC(C)C)S(C)(=O)=O)cc1. The van der Waals surface area contributed by atoms with Gasteiger partial charge in [0.25, 0.3) is 0 Å². The Balaban J connectivity index is 1.87. The molecule has 0 radical (unpaired) electrons. The molecule has 0 bridgehead atoms. The minimum atomic E-state index is -3.65. The molecule has 2 amide bonds. The maximum absolute atomic E-state index is 14.7. The standard InChI is InChI=1S/C32H40FN3O5S/c1-5-41-28-19-17-27(18-20-28)36(42(4,39)40)21-11-16-31(37)35(23-26-14-9-10-15-29(26)33)30(32(38)34-24(2)3)22-25-12-7-6-8-13-25/h6-10,12-15,17-20,24,30H,5,11,16,21-23H2,1-4H3,(H,34,38)/t30-/m1/s1. The number of hydrogen-bond acceptors (Lipinski definition) is 5. The van der Waals surface area contributed by atoms with Crippen LogP contribution in [0.4, 0.5) is 10.1 Å². The van der Waals surface area contributed by atoms with Gasteiger partial charge in [-0.15, -0.1) is 0 Å². The third-order valence-electron chi connectivity index (χ3n) is 6.59. The largest absolute Gasteiger partial charge is 0.494 e. The van der Waals surface area contributed by atoms with E-state index in [1.165, 1.54) is 15.3 Å². The van der Waals surface area contributed by atoms with E-state index >= 15 is 0 Å². The first-order valence-corrected chi connectivity index (χ1v) is 15.9. The number of nitrogens with one attached hydrogen (secondary N) is 1. The average Bonchev–Trinajstić information content (AvgIpc) is 2.94. The Kier molecular flexibility index (Phi) is 11.9. The lowest BCUT2D eigenvalue weighted by atomic mass is 10.0. The zero-order valence-corrected chi connectivity index (χ0v) is 25.4. The van der Waals surface area contributed by atoms with Crippen LogP contribution < -0.4 is 14.4 Å². The molecule has 0 saturated heterocycles. The molecule has 0 fully saturated rings. The van der Waals surface area contributed by atoms with Crippen LogP contribution in [0.2, 0.25) is 0 Å². The van der Waals surface area contributed by atoms with Gasteiger partial charge in [-0.2, -0.15) is 0 Å². The number of anilines is 1. The van der Waals surface area contributed by atoms with E-state index in [-0.39, 0.29) is 55.8 Å². The van der Waals surface area contributed by atoms with E-state index < -0.39 is 21.9 Å². The molecule has 3 aromatic carbocycles. The molecule has 0 aromatic heterocycles. The molecule has 3 aromatic rings. The van der Waals surface area contributed by atoms with Gasteiger partial charge in [-0.1, -0.05) is 48.5 Å². The number of rotatable bonds is 15. The Labute approximate surface area is 248 Å². The molecule has 0 spiro atoms. The van der Waals surface area contributed by atoms with Gasteiger partial charge >= 0.3 is 0 Å². The number of halogens is 1. The lowest BCUT2D eigenvalue weighted by molar-refractivity contribution is -0.141. The van der Waals surface area contributed by atoms with Crippen molar-refractivity contribution in [2.75, 3.05) is 23.7 Å². The molecular formula is C32H40FN3O5S. The van der Waals surface area contributed by atoms with E-state index in [9.17, 15) is 22.4 Å². The Hall–Kier alpha value is -3.92. The minimum absolute atomic E-state index is 0.0439. The first kappa shape index (κ1) is 32.6. The van der Waals surface area contributed by atoms with Crippen LogP contribution in [0.5, 0.6) is 5.75 Å². The zero-order valence-electron chi connectivity index (χ0n) is 24.6. The van der Waals surface area contributed by atoms with Crippen LogP contribution in [0.3, 0.4) is 0 Å². The predicted molar refractivity (Wildman–Crippen MR) is 163 cm³/mol. The molecule has 42 heavy (non-hydrogen) atoms. The molecule has 1 N–H and O–H groups in total. The Morgan fingerprint density at radius 2 is 1.60 bits per heavy atom. The number of nitrogens with zero attached hydrogens (tertiary/aromatic N) is 2. The van der Waals surface area contributed by atoms with Gasteiger partial charge in [0.1, 0.15) is 17.6 Å². The van der Waals surface area contributed by atoms with Gasteiger partial charge in [-0.3, -0.25) is 13.9 Å². The monoisotopic (exact) mass is 597 g/mol. The molecule has 0 aliphatic rings. The average molecular weight is 598 g/mol. The van der Waals surface area contributed by atoms with Crippen molar-refractivity contribution in [1.29, 1.82) is 0 Å². The van der Waals surface area contributed by atoms with E-state index in [1.54, 1.807) is 42.5 Å². The van der Waals surface area contributed by atoms with Gasteiger partial charge in [0.15, 0.2) is 0 Å². The molecule has 0 unspecified atom stereocenters. The lowest BCUT2D eigenvalue weighted by Gasteiger charge is -2.32. The van der Waals surface area contributed by atoms with Gasteiger partial charge in [0.05, 0.1) is 18.6 Å². The summed E-state index contributed by atoms with van der Waals surface area (Å²) in [5, 5.41) is 2.90. The van der Waals surface area contributed by atoms with Crippen molar-refractivity contribution >= 4 is 27.5 Å². The molecule has 10 heteroatoms. The van der Waals surface area contributed by atoms with E-state index in [1.807, 2.05) is 51.1 Å². The third kappa shape index (κ3) is 9.58. The second kappa shape index (κ2) is 15.3. The van der Waals surface area contributed by atoms with Crippen LogP contribution in [-0.2, 0) is 32.6 Å². The zero-order chi connectivity index (χ0) is 30.7. The summed E-state index contributed by atoms with van der Waals surface area (Å²) >= 11 is 0. The van der Waals surface area contributed by atoms with Crippen LogP contribution >= 0.6 is 0 Å². The van der Waals surface area contributed by atoms with Gasteiger partial charge in [0, 0.05) is 37.5 Å². The fourth-order valence-electron chi connectivity index (χ4n) is 4.62. The summed E-state index contributed by atoms with van der Waals surface area (Å²) < 4.78 is 46.7. The van der Waals surface area contributed by atoms with Crippen LogP contribution in [0.25, 0.3) is 0 Å². The van der Waals surface area contributed by atoms with E-state index in [4.69, 9.17) is 4.74 Å². The summed E-state index contributed by atoms with van der Waals surface area (Å²) in [5.41, 5.74) is 1.59. The summed E-state index contributed by atoms with van der Waals surface area (Å²) in [6.07, 6.45) is 1.50. The van der Waals surface area contributed by atoms with E-state index in [2.05, 4.69) is 5.32 Å². The minimum Gasteiger partial charge on any atom is -0.494 e. The number of carbonyl (C=O) groups excluding carboxylic acids is 2. The Morgan fingerprint density at radius 1 is 0.952 bits per heavy atom. The second-order valence-corrected chi connectivity index (χ2v) is 12.3. The van der Waals surface area contributed by atoms with E-state index in [0.717, 1.165) is 11.8 Å². The number of ether oxygens (including phenoxy) is 1. The topological polar surface area (TPSA) is 96.0 Å². The highest BCUT2D eigenvalue weighted by molar-refractivity contribution is 7.92. The van der Waals surface area contributed by atoms with Crippen molar-refractivity contribution in [3.63, 3.8) is 0 Å². The van der Waals surface area contributed by atoms with Crippen LogP contribution in [0.15, 0.2) is 78.9 Å². The Morgan fingerprint density at radius 3 is 2.19 bits per heavy atom. The maximum atomic E-state index is 14.7. The summed E-state index contributed by atoms with van der Waals surface area (Å²) in [4.78, 5) is 28.7. The van der Waals surface area contributed by atoms with Crippen LogP contribution in [0, 0.1) is 5.82 Å². The quantitative estimate of drug-likeness (QED) is 0.268. The van der Waals surface area contributed by atoms with E-state index in [0.29, 0.717) is 18.0 Å². The number of amides is 2. The maximum Gasteiger partial charge on any atom is 0.243 e. The highest BCUT2D eigenvalue weighted by Gasteiger charge is 2.31. The molecule has 0 saturated carbocycles. The normalized spacial score (nSPS) is 12.0. The van der Waals surface area contributed by atoms with Crippen molar-refractivity contribution in [3.05, 3.63) is 95.8 Å². The predicted octanol–water partition coefficient (Wildman–Crippen LogP) is 4.94. The van der Waals surface area contributed by atoms with Gasteiger partial charge < -0.3 is 15.0 Å². The van der Waals surface area contributed by atoms with Crippen molar-refractivity contribution < 1.29 is 27.1 Å². The first-order valence-electron chi connectivity index (χ1n) is 14.1. The number of benzene rings is 3. The number of carbonyl (C=O) groups is 2. The molecular weight excluding hydrogens is 557 g/mol. The first-order chi connectivity index (χ1) is 20.0. The van der Waals surface area contributed by atoms with Gasteiger partial charge in [-0.25, -0.2) is 12.8 Å².